The van der Waals surface area contributed by atoms with E-state index in [2.05, 4.69) is 86.3 Å². The van der Waals surface area contributed by atoms with Crippen LogP contribution >= 0.6 is 0 Å². The standard InChI is InChI=1S/C26H41NO4/c1-17(2)22(28)30-14-12-13-27-23(29)31-21-19(25(6,7)8)15-18(24(3,4)5)16-20(21)26(9,10)11/h15-16H,1,12-14H2,2-11H3,(H,27,29). The van der Waals surface area contributed by atoms with Crippen molar-refractivity contribution in [1.29, 1.82) is 0 Å². The molecule has 0 radical (unpaired) electrons. The summed E-state index contributed by atoms with van der Waals surface area (Å²) in [7, 11) is 0. The van der Waals surface area contributed by atoms with Gasteiger partial charge in [-0.2, -0.15) is 0 Å². The van der Waals surface area contributed by atoms with Crippen molar-refractivity contribution in [3.8, 4) is 5.75 Å². The van der Waals surface area contributed by atoms with Crippen LogP contribution in [0.25, 0.3) is 0 Å². The largest absolute Gasteiger partial charge is 0.462 e. The highest BCUT2D eigenvalue weighted by atomic mass is 16.6. The summed E-state index contributed by atoms with van der Waals surface area (Å²) in [6, 6.07) is 4.32. The summed E-state index contributed by atoms with van der Waals surface area (Å²) in [5, 5.41) is 2.76. The minimum atomic E-state index is -0.509. The van der Waals surface area contributed by atoms with Crippen LogP contribution < -0.4 is 10.1 Å². The zero-order chi connectivity index (χ0) is 24.2. The third kappa shape index (κ3) is 8.04. The number of nitrogens with one attached hydrogen (secondary N) is 1. The molecular formula is C26H41NO4. The summed E-state index contributed by atoms with van der Waals surface area (Å²) < 4.78 is 10.9. The summed E-state index contributed by atoms with van der Waals surface area (Å²) in [5.74, 6) is 0.199. The van der Waals surface area contributed by atoms with E-state index in [0.29, 0.717) is 24.3 Å². The Hall–Kier alpha value is -2.30. The van der Waals surface area contributed by atoms with E-state index in [1.54, 1.807) is 6.92 Å². The van der Waals surface area contributed by atoms with Crippen LogP contribution in [0.5, 0.6) is 5.75 Å². The fraction of sp³-hybridized carbons (Fsp3) is 0.615. The molecule has 0 atom stereocenters. The van der Waals surface area contributed by atoms with E-state index in [-0.39, 0.29) is 22.9 Å². The van der Waals surface area contributed by atoms with Gasteiger partial charge in [0.05, 0.1) is 6.61 Å². The first-order valence-corrected chi connectivity index (χ1v) is 10.9. The topological polar surface area (TPSA) is 64.6 Å². The molecule has 1 aromatic carbocycles. The highest BCUT2D eigenvalue weighted by Gasteiger charge is 2.31. The second-order valence-electron chi connectivity index (χ2n) is 11.2. The van der Waals surface area contributed by atoms with E-state index in [4.69, 9.17) is 9.47 Å². The second kappa shape index (κ2) is 9.88. The molecule has 1 rings (SSSR count). The van der Waals surface area contributed by atoms with Gasteiger partial charge in [-0.05, 0) is 35.2 Å². The Bertz CT molecular complexity index is 782. The molecule has 5 nitrogen and oxygen atoms in total. The van der Waals surface area contributed by atoms with Gasteiger partial charge < -0.3 is 14.8 Å². The molecule has 1 aromatic rings. The predicted octanol–water partition coefficient (Wildman–Crippen LogP) is 6.18. The van der Waals surface area contributed by atoms with Gasteiger partial charge >= 0.3 is 12.1 Å². The van der Waals surface area contributed by atoms with Crippen LogP contribution in [0.1, 0.15) is 92.3 Å². The number of carbonyl (C=O) groups excluding carboxylic acids is 2. The molecule has 0 aliphatic rings. The zero-order valence-electron chi connectivity index (χ0n) is 21.1. The average molecular weight is 432 g/mol. The summed E-state index contributed by atoms with van der Waals surface area (Å²) in [6.45, 7) is 25.0. The maximum atomic E-state index is 12.6. The fourth-order valence-electron chi connectivity index (χ4n) is 2.97. The highest BCUT2D eigenvalue weighted by Crippen LogP contribution is 2.42. The van der Waals surface area contributed by atoms with Crippen molar-refractivity contribution in [1.82, 2.24) is 5.32 Å². The highest BCUT2D eigenvalue weighted by molar-refractivity contribution is 5.86. The van der Waals surface area contributed by atoms with Gasteiger partial charge in [-0.3, -0.25) is 0 Å². The number of hydrogen-bond acceptors (Lipinski definition) is 4. The third-order valence-corrected chi connectivity index (χ3v) is 4.94. The molecule has 174 valence electrons. The number of amides is 1. The number of rotatable bonds is 6. The third-order valence-electron chi connectivity index (χ3n) is 4.94. The van der Waals surface area contributed by atoms with Gasteiger partial charge in [0, 0.05) is 23.2 Å². The van der Waals surface area contributed by atoms with Crippen LogP contribution in [0, 0.1) is 0 Å². The van der Waals surface area contributed by atoms with Crippen molar-refractivity contribution in [2.75, 3.05) is 13.2 Å². The van der Waals surface area contributed by atoms with Crippen LogP contribution in [0.4, 0.5) is 4.79 Å². The Labute approximate surface area is 188 Å². The van der Waals surface area contributed by atoms with Crippen molar-refractivity contribution < 1.29 is 19.1 Å². The van der Waals surface area contributed by atoms with Gasteiger partial charge in [-0.1, -0.05) is 81.0 Å². The lowest BCUT2D eigenvalue weighted by Crippen LogP contribution is -2.31. The molecule has 1 N–H and O–H groups in total. The second-order valence-corrected chi connectivity index (χ2v) is 11.2. The van der Waals surface area contributed by atoms with E-state index in [1.165, 1.54) is 5.56 Å². The lowest BCUT2D eigenvalue weighted by Gasteiger charge is -2.32. The molecule has 0 aliphatic carbocycles. The van der Waals surface area contributed by atoms with Gasteiger partial charge in [0.25, 0.3) is 0 Å². The maximum Gasteiger partial charge on any atom is 0.412 e. The van der Waals surface area contributed by atoms with Crippen LogP contribution in [-0.4, -0.2) is 25.2 Å². The molecule has 0 fully saturated rings. The Morgan fingerprint density at radius 2 is 1.39 bits per heavy atom. The quantitative estimate of drug-likeness (QED) is 0.332. The molecule has 0 saturated heterocycles. The van der Waals surface area contributed by atoms with Crippen molar-refractivity contribution in [3.05, 3.63) is 41.0 Å². The van der Waals surface area contributed by atoms with Crippen LogP contribution in [-0.2, 0) is 25.8 Å². The number of ether oxygens (including phenoxy) is 2. The van der Waals surface area contributed by atoms with Gasteiger partial charge in [0.2, 0.25) is 0 Å². The van der Waals surface area contributed by atoms with E-state index in [0.717, 1.165) is 11.1 Å². The summed E-state index contributed by atoms with van der Waals surface area (Å²) in [6.07, 6.45) is -0.0132. The van der Waals surface area contributed by atoms with Gasteiger partial charge in [0.1, 0.15) is 5.75 Å². The Morgan fingerprint density at radius 3 is 1.77 bits per heavy atom. The lowest BCUT2D eigenvalue weighted by atomic mass is 9.75. The Balaban J connectivity index is 3.10. The van der Waals surface area contributed by atoms with Crippen molar-refractivity contribution in [2.24, 2.45) is 0 Å². The van der Waals surface area contributed by atoms with Crippen LogP contribution in [0.3, 0.4) is 0 Å². The van der Waals surface area contributed by atoms with Gasteiger partial charge in [-0.25, -0.2) is 9.59 Å². The average Bonchev–Trinajstić information content (AvgIpc) is 2.58. The molecule has 31 heavy (non-hydrogen) atoms. The molecule has 5 heteroatoms. The SMILES string of the molecule is C=C(C)C(=O)OCCCNC(=O)Oc1c(C(C)(C)C)cc(C(C)(C)C)cc1C(C)(C)C. The normalized spacial score (nSPS) is 12.3. The zero-order valence-corrected chi connectivity index (χ0v) is 21.1. The smallest absolute Gasteiger partial charge is 0.412 e. The van der Waals surface area contributed by atoms with Gasteiger partial charge in [0.15, 0.2) is 0 Å². The minimum absolute atomic E-state index is 0.0258. The lowest BCUT2D eigenvalue weighted by molar-refractivity contribution is -0.138. The van der Waals surface area contributed by atoms with Crippen molar-refractivity contribution >= 4 is 12.1 Å². The van der Waals surface area contributed by atoms with Crippen molar-refractivity contribution in [2.45, 2.75) is 91.9 Å². The van der Waals surface area contributed by atoms with Crippen LogP contribution in [0.2, 0.25) is 0 Å². The van der Waals surface area contributed by atoms with Crippen molar-refractivity contribution in [3.63, 3.8) is 0 Å². The number of benzene rings is 1. The number of hydrogen-bond donors (Lipinski definition) is 1. The van der Waals surface area contributed by atoms with E-state index < -0.39 is 12.1 Å². The summed E-state index contributed by atoms with van der Waals surface area (Å²) in [4.78, 5) is 24.0. The summed E-state index contributed by atoms with van der Waals surface area (Å²) in [5.41, 5.74) is 3.17. The molecular weight excluding hydrogens is 390 g/mol. The summed E-state index contributed by atoms with van der Waals surface area (Å²) >= 11 is 0. The first-order valence-electron chi connectivity index (χ1n) is 10.9. The Morgan fingerprint density at radius 1 is 0.903 bits per heavy atom. The van der Waals surface area contributed by atoms with E-state index in [1.807, 2.05) is 0 Å². The first-order chi connectivity index (χ1) is 13.9. The molecule has 0 aromatic heterocycles. The van der Waals surface area contributed by atoms with Gasteiger partial charge in [-0.15, -0.1) is 0 Å². The minimum Gasteiger partial charge on any atom is -0.462 e. The molecule has 0 heterocycles. The monoisotopic (exact) mass is 431 g/mol. The fourth-order valence-corrected chi connectivity index (χ4v) is 2.97. The molecule has 0 unspecified atom stereocenters. The molecule has 0 saturated carbocycles. The molecule has 1 amide bonds. The van der Waals surface area contributed by atoms with E-state index >= 15 is 0 Å². The Kier molecular flexibility index (Phi) is 8.52. The maximum absolute atomic E-state index is 12.6. The molecule has 0 aliphatic heterocycles. The molecule has 0 bridgehead atoms. The number of esters is 1. The molecule has 0 spiro atoms. The van der Waals surface area contributed by atoms with Crippen LogP contribution in [0.15, 0.2) is 24.3 Å². The predicted molar refractivity (Wildman–Crippen MR) is 127 cm³/mol. The first kappa shape index (κ1) is 26.7. The number of carbonyl (C=O) groups is 2. The van der Waals surface area contributed by atoms with E-state index in [9.17, 15) is 9.59 Å².